The van der Waals surface area contributed by atoms with Crippen LogP contribution >= 0.6 is 0 Å². The van der Waals surface area contributed by atoms with E-state index in [4.69, 9.17) is 0 Å². The molecule has 0 aliphatic carbocycles. The molecule has 1 amide bonds. The van der Waals surface area contributed by atoms with Crippen molar-refractivity contribution in [3.05, 3.63) is 0 Å². The molecule has 1 N–H and O–H groups in total. The van der Waals surface area contributed by atoms with Crippen molar-refractivity contribution < 1.29 is 18.0 Å². The van der Waals surface area contributed by atoms with Gasteiger partial charge in [-0.3, -0.25) is 9.69 Å². The zero-order valence-corrected chi connectivity index (χ0v) is 10.0. The van der Waals surface area contributed by atoms with E-state index < -0.39 is 18.8 Å². The van der Waals surface area contributed by atoms with Crippen molar-refractivity contribution in [2.45, 2.75) is 19.1 Å². The summed E-state index contributed by atoms with van der Waals surface area (Å²) in [6, 6.07) is -0.741. The average Bonchev–Trinajstić information content (AvgIpc) is 2.26. The fourth-order valence-corrected chi connectivity index (χ4v) is 1.76. The quantitative estimate of drug-likeness (QED) is 0.786. The number of piperazine rings is 1. The first-order valence-electron chi connectivity index (χ1n) is 5.58. The molecule has 100 valence electrons. The Morgan fingerprint density at radius 3 is 2.41 bits per heavy atom. The molecule has 1 saturated heterocycles. The molecule has 0 aromatic carbocycles. The van der Waals surface area contributed by atoms with Gasteiger partial charge in [-0.05, 0) is 14.0 Å². The van der Waals surface area contributed by atoms with Gasteiger partial charge in [0, 0.05) is 26.2 Å². The topological polar surface area (TPSA) is 35.6 Å². The van der Waals surface area contributed by atoms with Crippen molar-refractivity contribution in [3.8, 4) is 0 Å². The highest BCUT2D eigenvalue weighted by molar-refractivity contribution is 5.81. The van der Waals surface area contributed by atoms with Gasteiger partial charge in [-0.1, -0.05) is 0 Å². The molecule has 1 heterocycles. The number of rotatable bonds is 3. The van der Waals surface area contributed by atoms with E-state index in [1.807, 2.05) is 0 Å². The summed E-state index contributed by atoms with van der Waals surface area (Å²) in [6.07, 6.45) is -4.27. The Morgan fingerprint density at radius 2 is 1.94 bits per heavy atom. The number of hydrogen-bond donors (Lipinski definition) is 1. The lowest BCUT2D eigenvalue weighted by atomic mass is 10.2. The lowest BCUT2D eigenvalue weighted by Crippen LogP contribution is -2.53. The minimum absolute atomic E-state index is 0.238. The van der Waals surface area contributed by atoms with Gasteiger partial charge in [0.25, 0.3) is 0 Å². The Morgan fingerprint density at radius 1 is 1.41 bits per heavy atom. The van der Waals surface area contributed by atoms with Crippen molar-refractivity contribution >= 4 is 5.91 Å². The van der Waals surface area contributed by atoms with Crippen LogP contribution in [0.1, 0.15) is 6.92 Å². The van der Waals surface area contributed by atoms with Gasteiger partial charge in [-0.25, -0.2) is 0 Å². The van der Waals surface area contributed by atoms with E-state index in [1.54, 1.807) is 4.90 Å². The predicted octanol–water partition coefficient (Wildman–Crippen LogP) is 0.301. The number of carbonyl (C=O) groups excluding carboxylic acids is 1. The van der Waals surface area contributed by atoms with Crippen LogP contribution in [0, 0.1) is 0 Å². The van der Waals surface area contributed by atoms with Crippen molar-refractivity contribution in [2.24, 2.45) is 0 Å². The van der Waals surface area contributed by atoms with E-state index in [9.17, 15) is 18.0 Å². The third-order valence-electron chi connectivity index (χ3n) is 2.88. The molecule has 0 radical (unpaired) electrons. The van der Waals surface area contributed by atoms with E-state index in [1.165, 1.54) is 14.0 Å². The largest absolute Gasteiger partial charge is 0.401 e. The number of halogens is 3. The van der Waals surface area contributed by atoms with Gasteiger partial charge >= 0.3 is 6.18 Å². The summed E-state index contributed by atoms with van der Waals surface area (Å²) < 4.78 is 36.6. The van der Waals surface area contributed by atoms with Crippen LogP contribution in [0.3, 0.4) is 0 Å². The highest BCUT2D eigenvalue weighted by atomic mass is 19.4. The molecule has 0 bridgehead atoms. The van der Waals surface area contributed by atoms with Crippen LogP contribution in [0.5, 0.6) is 0 Å². The molecule has 0 saturated carbocycles. The predicted molar refractivity (Wildman–Crippen MR) is 57.6 cm³/mol. The minimum atomic E-state index is -4.27. The Labute approximate surface area is 98.7 Å². The van der Waals surface area contributed by atoms with Crippen molar-refractivity contribution in [3.63, 3.8) is 0 Å². The number of likely N-dealkylation sites (N-methyl/N-ethyl adjacent to an activating group) is 1. The molecule has 1 fully saturated rings. The molecule has 1 unspecified atom stereocenters. The van der Waals surface area contributed by atoms with Crippen LogP contribution < -0.4 is 5.32 Å². The monoisotopic (exact) mass is 253 g/mol. The van der Waals surface area contributed by atoms with Crippen LogP contribution in [-0.4, -0.2) is 67.7 Å². The number of alkyl halides is 3. The van der Waals surface area contributed by atoms with E-state index in [0.717, 1.165) is 4.90 Å². The molecule has 1 aliphatic rings. The van der Waals surface area contributed by atoms with Gasteiger partial charge in [-0.2, -0.15) is 13.2 Å². The van der Waals surface area contributed by atoms with Crippen molar-refractivity contribution in [2.75, 3.05) is 39.8 Å². The first kappa shape index (κ1) is 14.2. The summed E-state index contributed by atoms with van der Waals surface area (Å²) in [5.41, 5.74) is 0. The molecule has 4 nitrogen and oxygen atoms in total. The molecular weight excluding hydrogens is 235 g/mol. The van der Waals surface area contributed by atoms with Crippen LogP contribution in [0.15, 0.2) is 0 Å². The third kappa shape index (κ3) is 4.51. The lowest BCUT2D eigenvalue weighted by molar-refractivity contribution is -0.155. The second kappa shape index (κ2) is 5.68. The first-order valence-corrected chi connectivity index (χ1v) is 5.58. The smallest absolute Gasteiger partial charge is 0.339 e. The summed E-state index contributed by atoms with van der Waals surface area (Å²) in [5.74, 6) is -0.238. The van der Waals surface area contributed by atoms with Gasteiger partial charge in [-0.15, -0.1) is 0 Å². The standard InChI is InChI=1S/C10H18F3N3O/c1-8(15(2)7-10(11,12)13)9(17)16-5-3-14-4-6-16/h8,14H,3-7H2,1-2H3. The molecule has 1 aliphatic heterocycles. The molecule has 1 rings (SSSR count). The van der Waals surface area contributed by atoms with E-state index in [2.05, 4.69) is 5.32 Å². The number of nitrogens with one attached hydrogen (secondary N) is 1. The highest BCUT2D eigenvalue weighted by Gasteiger charge is 2.34. The Kier molecular flexibility index (Phi) is 4.76. The molecule has 0 aromatic rings. The maximum Gasteiger partial charge on any atom is 0.401 e. The van der Waals surface area contributed by atoms with E-state index in [0.29, 0.717) is 26.2 Å². The molecule has 1 atom stereocenters. The zero-order valence-electron chi connectivity index (χ0n) is 10.0. The lowest BCUT2D eigenvalue weighted by Gasteiger charge is -2.33. The molecular formula is C10H18F3N3O. The first-order chi connectivity index (χ1) is 7.81. The summed E-state index contributed by atoms with van der Waals surface area (Å²) in [5, 5.41) is 3.09. The van der Waals surface area contributed by atoms with Crippen molar-refractivity contribution in [1.82, 2.24) is 15.1 Å². The molecule has 0 aromatic heterocycles. The zero-order chi connectivity index (χ0) is 13.1. The molecule has 7 heteroatoms. The summed E-state index contributed by atoms with van der Waals surface area (Å²) in [4.78, 5) is 14.6. The summed E-state index contributed by atoms with van der Waals surface area (Å²) >= 11 is 0. The molecule has 17 heavy (non-hydrogen) atoms. The van der Waals surface area contributed by atoms with Gasteiger partial charge < -0.3 is 10.2 Å². The van der Waals surface area contributed by atoms with Crippen LogP contribution in [0.2, 0.25) is 0 Å². The number of carbonyl (C=O) groups is 1. The van der Waals surface area contributed by atoms with Gasteiger partial charge in [0.1, 0.15) is 0 Å². The second-order valence-electron chi connectivity index (χ2n) is 4.28. The van der Waals surface area contributed by atoms with Gasteiger partial charge in [0.05, 0.1) is 12.6 Å². The fourth-order valence-electron chi connectivity index (χ4n) is 1.76. The fraction of sp³-hybridized carbons (Fsp3) is 0.900. The number of nitrogens with zero attached hydrogens (tertiary/aromatic N) is 2. The van der Waals surface area contributed by atoms with E-state index in [-0.39, 0.29) is 5.91 Å². The normalized spacial score (nSPS) is 19.5. The Bertz CT molecular complexity index is 264. The summed E-state index contributed by atoms with van der Waals surface area (Å²) in [6.45, 7) is 2.96. The second-order valence-corrected chi connectivity index (χ2v) is 4.28. The molecule has 0 spiro atoms. The van der Waals surface area contributed by atoms with Gasteiger partial charge in [0.15, 0.2) is 0 Å². The Hall–Kier alpha value is -0.820. The van der Waals surface area contributed by atoms with Crippen LogP contribution in [0.25, 0.3) is 0 Å². The van der Waals surface area contributed by atoms with Crippen LogP contribution in [-0.2, 0) is 4.79 Å². The summed E-state index contributed by atoms with van der Waals surface area (Å²) in [7, 11) is 1.32. The van der Waals surface area contributed by atoms with Crippen LogP contribution in [0.4, 0.5) is 13.2 Å². The Balaban J connectivity index is 2.50. The average molecular weight is 253 g/mol. The number of hydrogen-bond acceptors (Lipinski definition) is 3. The van der Waals surface area contributed by atoms with Crippen molar-refractivity contribution in [1.29, 1.82) is 0 Å². The maximum absolute atomic E-state index is 12.2. The highest BCUT2D eigenvalue weighted by Crippen LogP contribution is 2.17. The third-order valence-corrected chi connectivity index (χ3v) is 2.88. The van der Waals surface area contributed by atoms with E-state index >= 15 is 0 Å². The maximum atomic E-state index is 12.2. The SMILES string of the molecule is CC(C(=O)N1CCNCC1)N(C)CC(F)(F)F. The minimum Gasteiger partial charge on any atom is -0.339 e. The van der Waals surface area contributed by atoms with Gasteiger partial charge in [0.2, 0.25) is 5.91 Å². The number of amides is 1.